The van der Waals surface area contributed by atoms with Crippen molar-refractivity contribution >= 4 is 27.8 Å². The Labute approximate surface area is 163 Å². The first-order valence-corrected chi connectivity index (χ1v) is 8.68. The van der Waals surface area contributed by atoms with Gasteiger partial charge >= 0.3 is 6.18 Å². The minimum atomic E-state index is -4.40. The first kappa shape index (κ1) is 19.0. The van der Waals surface area contributed by atoms with E-state index in [0.717, 1.165) is 33.5 Å². The maximum Gasteiger partial charge on any atom is 0.416 e. The molecule has 2 aromatic carbocycles. The van der Waals surface area contributed by atoms with Crippen molar-refractivity contribution in [1.29, 1.82) is 0 Å². The quantitative estimate of drug-likeness (QED) is 0.484. The molecule has 0 saturated carbocycles. The fraction of sp³-hybridized carbons (Fsp3) is 0.200. The van der Waals surface area contributed by atoms with Crippen LogP contribution in [0.2, 0.25) is 0 Å². The third-order valence-electron chi connectivity index (χ3n) is 4.81. The molecule has 4 rings (SSSR count). The van der Waals surface area contributed by atoms with Crippen LogP contribution in [0, 0.1) is 0 Å². The molecule has 6 nitrogen and oxygen atoms in total. The molecule has 0 aliphatic carbocycles. The molecule has 0 saturated heterocycles. The van der Waals surface area contributed by atoms with Gasteiger partial charge in [-0.2, -0.15) is 18.3 Å². The zero-order chi connectivity index (χ0) is 20.9. The van der Waals surface area contributed by atoms with Crippen LogP contribution < -0.4 is 0 Å². The molecule has 0 bridgehead atoms. The Morgan fingerprint density at radius 3 is 2.41 bits per heavy atom. The van der Waals surface area contributed by atoms with Crippen LogP contribution in [-0.2, 0) is 18.1 Å². The van der Waals surface area contributed by atoms with Gasteiger partial charge in [0.15, 0.2) is 5.65 Å². The van der Waals surface area contributed by atoms with Gasteiger partial charge in [-0.25, -0.2) is 5.06 Å². The van der Waals surface area contributed by atoms with Crippen LogP contribution >= 0.6 is 0 Å². The summed E-state index contributed by atoms with van der Waals surface area (Å²) in [6.45, 7) is 0. The van der Waals surface area contributed by atoms with Gasteiger partial charge < -0.3 is 0 Å². The highest BCUT2D eigenvalue weighted by Gasteiger charge is 2.30. The van der Waals surface area contributed by atoms with Crippen molar-refractivity contribution in [3.05, 3.63) is 59.8 Å². The monoisotopic (exact) mass is 402 g/mol. The predicted molar refractivity (Wildman–Crippen MR) is 102 cm³/mol. The summed E-state index contributed by atoms with van der Waals surface area (Å²) in [5.41, 5.74) is 1.58. The summed E-state index contributed by atoms with van der Waals surface area (Å²) in [7, 11) is 4.67. The molecule has 0 spiro atoms. The molecular weight excluding hydrogens is 385 g/mol. The molecule has 0 atom stereocenters. The highest BCUT2D eigenvalue weighted by Crippen LogP contribution is 2.34. The number of nitrogens with zero attached hydrogens (tertiary/aromatic N) is 4. The SMILES string of the molecule is CON(C)C(=O)c1ccc2c(c1)c1cn(C)nc1n2-c1ccc(C(F)(F)F)cc1. The molecule has 4 aromatic rings. The third kappa shape index (κ3) is 3.13. The van der Waals surface area contributed by atoms with Crippen molar-refractivity contribution in [2.75, 3.05) is 14.2 Å². The summed E-state index contributed by atoms with van der Waals surface area (Å²) in [6.07, 6.45) is -2.59. The molecule has 0 radical (unpaired) electrons. The zero-order valence-electron chi connectivity index (χ0n) is 15.9. The molecule has 2 aromatic heterocycles. The Morgan fingerprint density at radius 2 is 1.79 bits per heavy atom. The number of rotatable bonds is 3. The van der Waals surface area contributed by atoms with Crippen molar-refractivity contribution in [2.45, 2.75) is 6.18 Å². The normalized spacial score (nSPS) is 12.1. The molecule has 0 unspecified atom stereocenters. The van der Waals surface area contributed by atoms with E-state index < -0.39 is 11.7 Å². The Hall–Kier alpha value is -3.33. The number of amides is 1. The Morgan fingerprint density at radius 1 is 1.10 bits per heavy atom. The molecule has 0 aliphatic heterocycles. The second kappa shape index (κ2) is 6.63. The third-order valence-corrected chi connectivity index (χ3v) is 4.81. The van der Waals surface area contributed by atoms with Crippen molar-refractivity contribution in [1.82, 2.24) is 19.4 Å². The first-order chi connectivity index (χ1) is 13.7. The van der Waals surface area contributed by atoms with E-state index in [1.165, 1.54) is 26.3 Å². The van der Waals surface area contributed by atoms with E-state index >= 15 is 0 Å². The number of hydrogen-bond donors (Lipinski definition) is 0. The molecule has 1 amide bonds. The molecule has 0 N–H and O–H groups in total. The number of hydrogen-bond acceptors (Lipinski definition) is 3. The maximum atomic E-state index is 12.9. The van der Waals surface area contributed by atoms with Crippen molar-refractivity contribution < 1.29 is 22.8 Å². The highest BCUT2D eigenvalue weighted by molar-refractivity contribution is 6.10. The highest BCUT2D eigenvalue weighted by atomic mass is 19.4. The summed E-state index contributed by atoms with van der Waals surface area (Å²) >= 11 is 0. The predicted octanol–water partition coefficient (Wildman–Crippen LogP) is 4.17. The van der Waals surface area contributed by atoms with E-state index in [2.05, 4.69) is 5.10 Å². The molecule has 2 heterocycles. The van der Waals surface area contributed by atoms with Crippen LogP contribution in [0.4, 0.5) is 13.2 Å². The second-order valence-electron chi connectivity index (χ2n) is 6.64. The number of hydroxylamine groups is 2. The van der Waals surface area contributed by atoms with Gasteiger partial charge in [-0.15, -0.1) is 0 Å². The van der Waals surface area contributed by atoms with Crippen LogP contribution in [0.15, 0.2) is 48.7 Å². The minimum Gasteiger partial charge on any atom is -0.292 e. The summed E-state index contributed by atoms with van der Waals surface area (Å²) in [5, 5.41) is 7.14. The Balaban J connectivity index is 1.93. The van der Waals surface area contributed by atoms with E-state index in [4.69, 9.17) is 4.84 Å². The van der Waals surface area contributed by atoms with Crippen LogP contribution in [0.1, 0.15) is 15.9 Å². The first-order valence-electron chi connectivity index (χ1n) is 8.68. The van der Waals surface area contributed by atoms with Crippen molar-refractivity contribution in [3.63, 3.8) is 0 Å². The number of carbonyl (C=O) groups excluding carboxylic acids is 1. The molecule has 150 valence electrons. The molecule has 0 aliphatic rings. The Kier molecular flexibility index (Phi) is 4.34. The van der Waals surface area contributed by atoms with Gasteiger partial charge in [0.1, 0.15) is 0 Å². The van der Waals surface area contributed by atoms with Gasteiger partial charge in [0.2, 0.25) is 0 Å². The average Bonchev–Trinajstić information content (AvgIpc) is 3.20. The van der Waals surface area contributed by atoms with Crippen LogP contribution in [-0.4, -0.2) is 39.5 Å². The smallest absolute Gasteiger partial charge is 0.292 e. The van der Waals surface area contributed by atoms with Crippen molar-refractivity contribution in [2.24, 2.45) is 7.05 Å². The van der Waals surface area contributed by atoms with E-state index in [1.54, 1.807) is 34.5 Å². The lowest BCUT2D eigenvalue weighted by Gasteiger charge is -2.14. The number of alkyl halides is 3. The number of carbonyl (C=O) groups is 1. The number of halogens is 3. The lowest BCUT2D eigenvalue weighted by atomic mass is 10.1. The molecule has 0 fully saturated rings. The standard InChI is InChI=1S/C20H17F3N4O2/c1-25-11-16-15-10-12(19(28)26(2)29-3)4-9-17(15)27(18(16)24-25)14-7-5-13(6-8-14)20(21,22)23/h4-11H,1-3H3. The van der Waals surface area contributed by atoms with E-state index in [0.29, 0.717) is 16.9 Å². The lowest BCUT2D eigenvalue weighted by Crippen LogP contribution is -2.25. The second-order valence-corrected chi connectivity index (χ2v) is 6.64. The minimum absolute atomic E-state index is 0.311. The number of benzene rings is 2. The summed E-state index contributed by atoms with van der Waals surface area (Å²) in [4.78, 5) is 17.4. The van der Waals surface area contributed by atoms with E-state index in [9.17, 15) is 18.0 Å². The molecular formula is C20H17F3N4O2. The number of aryl methyl sites for hydroxylation is 1. The van der Waals surface area contributed by atoms with Gasteiger partial charge in [-0.05, 0) is 42.5 Å². The fourth-order valence-corrected chi connectivity index (χ4v) is 3.35. The molecule has 29 heavy (non-hydrogen) atoms. The topological polar surface area (TPSA) is 52.3 Å². The maximum absolute atomic E-state index is 12.9. The summed E-state index contributed by atoms with van der Waals surface area (Å²) in [5.74, 6) is -0.311. The van der Waals surface area contributed by atoms with Crippen molar-refractivity contribution in [3.8, 4) is 5.69 Å². The number of fused-ring (bicyclic) bond motifs is 3. The largest absolute Gasteiger partial charge is 0.416 e. The van der Waals surface area contributed by atoms with Crippen LogP contribution in [0.25, 0.3) is 27.6 Å². The van der Waals surface area contributed by atoms with Gasteiger partial charge in [0.05, 0.1) is 18.2 Å². The Bertz CT molecular complexity index is 1220. The van der Waals surface area contributed by atoms with Gasteiger partial charge in [-0.1, -0.05) is 0 Å². The van der Waals surface area contributed by atoms with Crippen LogP contribution in [0.5, 0.6) is 0 Å². The zero-order valence-corrected chi connectivity index (χ0v) is 15.9. The van der Waals surface area contributed by atoms with Gasteiger partial charge in [0, 0.05) is 42.3 Å². The van der Waals surface area contributed by atoms with E-state index in [-0.39, 0.29) is 5.91 Å². The molecule has 9 heteroatoms. The van der Waals surface area contributed by atoms with Gasteiger partial charge in [0.25, 0.3) is 5.91 Å². The lowest BCUT2D eigenvalue weighted by molar-refractivity contribution is -0.137. The van der Waals surface area contributed by atoms with E-state index in [1.807, 2.05) is 6.20 Å². The average molecular weight is 402 g/mol. The number of aromatic nitrogens is 3. The summed E-state index contributed by atoms with van der Waals surface area (Å²) < 4.78 is 42.2. The summed E-state index contributed by atoms with van der Waals surface area (Å²) in [6, 6.07) is 10.0. The van der Waals surface area contributed by atoms with Crippen LogP contribution in [0.3, 0.4) is 0 Å². The fourth-order valence-electron chi connectivity index (χ4n) is 3.35. The van der Waals surface area contributed by atoms with Gasteiger partial charge in [-0.3, -0.25) is 18.9 Å².